The van der Waals surface area contributed by atoms with Crippen LogP contribution < -0.4 is 5.32 Å². The van der Waals surface area contributed by atoms with Gasteiger partial charge in [0.1, 0.15) is 23.4 Å². The highest BCUT2D eigenvalue weighted by molar-refractivity contribution is 5.96. The molecule has 0 aliphatic heterocycles. The molecule has 0 aliphatic carbocycles. The van der Waals surface area contributed by atoms with E-state index >= 15 is 0 Å². The molecule has 6 aromatic rings. The number of hydrogen-bond acceptors (Lipinski definition) is 6. The lowest BCUT2D eigenvalue weighted by molar-refractivity contribution is 0.791. The molecule has 0 unspecified atom stereocenters. The Morgan fingerprint density at radius 1 is 1.11 bits per heavy atom. The normalized spacial score (nSPS) is 11.4. The average molecular weight is 490 g/mol. The molecule has 0 atom stereocenters. The molecule has 184 valence electrons. The van der Waals surface area contributed by atoms with Gasteiger partial charge in [-0.25, -0.2) is 15.0 Å². The fourth-order valence-electron chi connectivity index (χ4n) is 4.46. The van der Waals surface area contributed by atoms with Crippen molar-refractivity contribution in [1.29, 1.82) is 0 Å². The molecule has 6 rings (SSSR count). The van der Waals surface area contributed by atoms with Crippen LogP contribution in [0.15, 0.2) is 73.7 Å². The minimum atomic E-state index is 0.746. The number of imidazole rings is 1. The number of pyridine rings is 3. The molecule has 0 spiro atoms. The third-order valence-corrected chi connectivity index (χ3v) is 6.33. The Morgan fingerprint density at radius 2 is 2.03 bits per heavy atom. The van der Waals surface area contributed by atoms with Crippen LogP contribution in [0.4, 0.5) is 5.69 Å². The lowest BCUT2D eigenvalue weighted by Crippen LogP contribution is -1.99. The zero-order valence-electron chi connectivity index (χ0n) is 20.8. The van der Waals surface area contributed by atoms with E-state index in [1.165, 1.54) is 0 Å². The monoisotopic (exact) mass is 489 g/mol. The van der Waals surface area contributed by atoms with Gasteiger partial charge in [-0.05, 0) is 50.1 Å². The smallest absolute Gasteiger partial charge is 0.147 e. The number of nitrogens with zero attached hydrogens (tertiary/aromatic N) is 6. The van der Waals surface area contributed by atoms with Crippen molar-refractivity contribution in [2.75, 3.05) is 5.32 Å². The van der Waals surface area contributed by atoms with Crippen molar-refractivity contribution in [2.45, 2.75) is 33.1 Å². The number of nitrogens with one attached hydrogen (secondary N) is 3. The van der Waals surface area contributed by atoms with Gasteiger partial charge in [0.05, 0.1) is 40.0 Å². The predicted molar refractivity (Wildman–Crippen MR) is 146 cm³/mol. The maximum Gasteiger partial charge on any atom is 0.147 e. The van der Waals surface area contributed by atoms with E-state index in [9.17, 15) is 0 Å². The Labute approximate surface area is 213 Å². The predicted octanol–water partition coefficient (Wildman–Crippen LogP) is 6.17. The summed E-state index contributed by atoms with van der Waals surface area (Å²) < 4.78 is 1.93. The molecule has 37 heavy (non-hydrogen) atoms. The summed E-state index contributed by atoms with van der Waals surface area (Å²) in [6.07, 6.45) is 12.3. The van der Waals surface area contributed by atoms with Gasteiger partial charge < -0.3 is 10.3 Å². The molecular formula is C28H27N9. The SMILES string of the molecule is C=C(CCCC)Nc1cncc(-c2ccc3[nH]nc(-c4cc5c(-n6cnc(C)c6)nccc5[nH]4)c3n2)c1. The molecule has 0 amide bonds. The van der Waals surface area contributed by atoms with Gasteiger partial charge in [0.15, 0.2) is 0 Å². The van der Waals surface area contributed by atoms with Gasteiger partial charge in [0.25, 0.3) is 0 Å². The van der Waals surface area contributed by atoms with Crippen LogP contribution in [0.3, 0.4) is 0 Å². The van der Waals surface area contributed by atoms with E-state index in [1.807, 2.05) is 48.1 Å². The van der Waals surface area contributed by atoms with Gasteiger partial charge in [0, 0.05) is 35.2 Å². The third kappa shape index (κ3) is 4.35. The summed E-state index contributed by atoms with van der Waals surface area (Å²) in [6, 6.07) is 10.0. The molecule has 0 saturated heterocycles. The maximum absolute atomic E-state index is 4.97. The quantitative estimate of drug-likeness (QED) is 0.236. The number of aromatic amines is 2. The van der Waals surface area contributed by atoms with Crippen LogP contribution in [0, 0.1) is 6.92 Å². The van der Waals surface area contributed by atoms with E-state index in [4.69, 9.17) is 4.98 Å². The third-order valence-electron chi connectivity index (χ3n) is 6.33. The molecule has 0 bridgehead atoms. The fourth-order valence-corrected chi connectivity index (χ4v) is 4.46. The standard InChI is InChI=1S/C28H27N9/c1-4-5-6-17(2)32-20-11-19(13-29-14-20)22-7-8-24-26(34-22)27(36-35-24)25-12-21-23(33-25)9-10-30-28(21)37-15-18(3)31-16-37/h7-16,32-33H,2,4-6H2,1,3H3,(H,35,36). The highest BCUT2D eigenvalue weighted by atomic mass is 15.1. The molecule has 0 radical (unpaired) electrons. The molecule has 0 fully saturated rings. The summed E-state index contributed by atoms with van der Waals surface area (Å²) in [5.41, 5.74) is 8.76. The molecule has 9 heteroatoms. The van der Waals surface area contributed by atoms with Crippen LogP contribution in [-0.2, 0) is 0 Å². The number of H-pyrrole nitrogens is 2. The number of aryl methyl sites for hydroxylation is 1. The van der Waals surface area contributed by atoms with Crippen molar-refractivity contribution >= 4 is 27.6 Å². The van der Waals surface area contributed by atoms with Crippen LogP contribution >= 0.6 is 0 Å². The second-order valence-corrected chi connectivity index (χ2v) is 9.16. The summed E-state index contributed by atoms with van der Waals surface area (Å²) >= 11 is 0. The molecular weight excluding hydrogens is 462 g/mol. The Hall–Kier alpha value is -4.79. The van der Waals surface area contributed by atoms with E-state index in [1.54, 1.807) is 18.7 Å². The second kappa shape index (κ2) is 9.34. The second-order valence-electron chi connectivity index (χ2n) is 9.16. The first-order chi connectivity index (χ1) is 18.1. The molecule has 6 aromatic heterocycles. The number of fused-ring (bicyclic) bond motifs is 2. The zero-order valence-corrected chi connectivity index (χ0v) is 20.8. The molecule has 0 aliphatic rings. The van der Waals surface area contributed by atoms with Crippen molar-refractivity contribution in [3.63, 3.8) is 0 Å². The van der Waals surface area contributed by atoms with E-state index in [2.05, 4.69) is 55.0 Å². The van der Waals surface area contributed by atoms with Crippen LogP contribution in [0.2, 0.25) is 0 Å². The van der Waals surface area contributed by atoms with Crippen molar-refractivity contribution in [2.24, 2.45) is 0 Å². The van der Waals surface area contributed by atoms with Gasteiger partial charge in [-0.15, -0.1) is 0 Å². The van der Waals surface area contributed by atoms with Crippen LogP contribution in [-0.4, -0.2) is 39.7 Å². The first kappa shape index (κ1) is 22.7. The first-order valence-corrected chi connectivity index (χ1v) is 12.3. The number of rotatable bonds is 8. The Kier molecular flexibility index (Phi) is 5.72. The summed E-state index contributed by atoms with van der Waals surface area (Å²) in [5, 5.41) is 12.1. The Bertz CT molecular complexity index is 1740. The number of anilines is 1. The van der Waals surface area contributed by atoms with Gasteiger partial charge in [-0.3, -0.25) is 14.6 Å². The van der Waals surface area contributed by atoms with Crippen LogP contribution in [0.25, 0.3) is 50.4 Å². The Balaban J connectivity index is 1.37. The van der Waals surface area contributed by atoms with Crippen molar-refractivity contribution < 1.29 is 0 Å². The zero-order chi connectivity index (χ0) is 25.4. The average Bonchev–Trinajstić information content (AvgIpc) is 3.64. The molecule has 9 nitrogen and oxygen atoms in total. The van der Waals surface area contributed by atoms with E-state index < -0.39 is 0 Å². The first-order valence-electron chi connectivity index (χ1n) is 12.3. The van der Waals surface area contributed by atoms with Gasteiger partial charge in [-0.2, -0.15) is 5.10 Å². The van der Waals surface area contributed by atoms with Crippen molar-refractivity contribution in [3.8, 4) is 28.5 Å². The highest BCUT2D eigenvalue weighted by Crippen LogP contribution is 2.31. The number of unbranched alkanes of at least 4 members (excludes halogenated alkanes) is 1. The molecule has 6 heterocycles. The molecule has 3 N–H and O–H groups in total. The van der Waals surface area contributed by atoms with Gasteiger partial charge in [0.2, 0.25) is 0 Å². The van der Waals surface area contributed by atoms with E-state index in [-0.39, 0.29) is 0 Å². The Morgan fingerprint density at radius 3 is 2.86 bits per heavy atom. The van der Waals surface area contributed by atoms with Gasteiger partial charge in [-0.1, -0.05) is 19.9 Å². The summed E-state index contributed by atoms with van der Waals surface area (Å²) in [5.74, 6) is 0.810. The maximum atomic E-state index is 4.97. The van der Waals surface area contributed by atoms with Crippen molar-refractivity contribution in [3.05, 3.63) is 79.4 Å². The number of aromatic nitrogens is 8. The summed E-state index contributed by atoms with van der Waals surface area (Å²) in [4.78, 5) is 21.8. The summed E-state index contributed by atoms with van der Waals surface area (Å²) in [6.45, 7) is 8.27. The topological polar surface area (TPSA) is 113 Å². The minimum Gasteiger partial charge on any atom is -0.358 e. The number of allylic oxidation sites excluding steroid dienone is 1. The highest BCUT2D eigenvalue weighted by Gasteiger charge is 2.16. The minimum absolute atomic E-state index is 0.746. The van der Waals surface area contributed by atoms with E-state index in [0.717, 1.165) is 86.7 Å². The fraction of sp³-hybridized carbons (Fsp3) is 0.179. The lowest BCUT2D eigenvalue weighted by Gasteiger charge is -2.10. The van der Waals surface area contributed by atoms with Crippen molar-refractivity contribution in [1.82, 2.24) is 39.7 Å². The van der Waals surface area contributed by atoms with Gasteiger partial charge >= 0.3 is 0 Å². The summed E-state index contributed by atoms with van der Waals surface area (Å²) in [7, 11) is 0. The van der Waals surface area contributed by atoms with E-state index in [0.29, 0.717) is 0 Å². The van der Waals surface area contributed by atoms with Crippen LogP contribution in [0.1, 0.15) is 31.9 Å². The van der Waals surface area contributed by atoms with Crippen LogP contribution in [0.5, 0.6) is 0 Å². The number of hydrogen-bond donors (Lipinski definition) is 3. The molecule has 0 aromatic carbocycles. The molecule has 0 saturated carbocycles. The largest absolute Gasteiger partial charge is 0.358 e. The lowest BCUT2D eigenvalue weighted by atomic mass is 10.1.